The number of phenolic OH excluding ortho intramolecular Hbond substituents is 1. The van der Waals surface area contributed by atoms with Crippen molar-refractivity contribution >= 4 is 43.8 Å². The van der Waals surface area contributed by atoms with E-state index in [9.17, 15) is 14.7 Å². The van der Waals surface area contributed by atoms with Gasteiger partial charge in [-0.2, -0.15) is 0 Å². The molecule has 0 aliphatic heterocycles. The van der Waals surface area contributed by atoms with Crippen molar-refractivity contribution in [1.82, 2.24) is 0 Å². The number of aromatic hydroxyl groups is 1. The lowest BCUT2D eigenvalue weighted by Crippen LogP contribution is -2.23. The maximum absolute atomic E-state index is 11.8. The zero-order valence-electron chi connectivity index (χ0n) is 12.3. The van der Waals surface area contributed by atoms with Gasteiger partial charge in [0, 0.05) is 4.47 Å². The third-order valence-electron chi connectivity index (χ3n) is 3.08. The molecule has 6 nitrogen and oxygen atoms in total. The number of rotatable bonds is 6. The van der Waals surface area contributed by atoms with Crippen molar-refractivity contribution in [2.75, 3.05) is 21.3 Å². The maximum Gasteiger partial charge on any atom is 0.309 e. The number of esters is 2. The highest BCUT2D eigenvalue weighted by atomic mass is 79.9. The minimum atomic E-state index is -0.699. The first kappa shape index (κ1) is 18.8. The van der Waals surface area contributed by atoms with Gasteiger partial charge < -0.3 is 19.3 Å². The van der Waals surface area contributed by atoms with Gasteiger partial charge in [-0.3, -0.25) is 9.59 Å². The molecule has 0 bridgehead atoms. The lowest BCUT2D eigenvalue weighted by atomic mass is 9.96. The highest BCUT2D eigenvalue weighted by Crippen LogP contribution is 2.42. The van der Waals surface area contributed by atoms with Crippen LogP contribution in [0.5, 0.6) is 11.5 Å². The van der Waals surface area contributed by atoms with Crippen molar-refractivity contribution in [3.8, 4) is 11.5 Å². The molecule has 0 radical (unpaired) electrons. The Hall–Kier alpha value is -1.28. The van der Waals surface area contributed by atoms with E-state index in [0.717, 1.165) is 0 Å². The van der Waals surface area contributed by atoms with Crippen LogP contribution in [0.2, 0.25) is 0 Å². The van der Waals surface area contributed by atoms with Gasteiger partial charge in [0.25, 0.3) is 0 Å². The number of carbonyl (C=O) groups is 2. The molecule has 1 aromatic carbocycles. The van der Waals surface area contributed by atoms with E-state index in [4.69, 9.17) is 9.47 Å². The molecule has 1 aromatic rings. The Kier molecular flexibility index (Phi) is 7.15. The molecular weight excluding hydrogens is 424 g/mol. The summed E-state index contributed by atoms with van der Waals surface area (Å²) in [5.41, 5.74) is 0.681. The fourth-order valence-corrected chi connectivity index (χ4v) is 2.82. The zero-order chi connectivity index (χ0) is 16.9. The van der Waals surface area contributed by atoms with Gasteiger partial charge in [-0.15, -0.1) is 0 Å². The van der Waals surface area contributed by atoms with E-state index >= 15 is 0 Å². The lowest BCUT2D eigenvalue weighted by molar-refractivity contribution is -0.152. The van der Waals surface area contributed by atoms with Crippen LogP contribution in [-0.2, 0) is 25.5 Å². The Bertz CT molecular complexity index is 573. The molecule has 0 spiro atoms. The van der Waals surface area contributed by atoms with Gasteiger partial charge in [0.05, 0.1) is 38.1 Å². The molecule has 0 aromatic heterocycles. The number of benzene rings is 1. The first-order valence-electron chi connectivity index (χ1n) is 6.24. The van der Waals surface area contributed by atoms with Crippen LogP contribution in [0.25, 0.3) is 0 Å². The van der Waals surface area contributed by atoms with E-state index < -0.39 is 17.9 Å². The summed E-state index contributed by atoms with van der Waals surface area (Å²) in [6.45, 7) is 0. The molecule has 0 amide bonds. The molecule has 122 valence electrons. The molecule has 0 saturated carbocycles. The van der Waals surface area contributed by atoms with Gasteiger partial charge in [0.15, 0.2) is 11.5 Å². The molecule has 0 fully saturated rings. The zero-order valence-corrected chi connectivity index (χ0v) is 15.5. The van der Waals surface area contributed by atoms with Gasteiger partial charge in [-0.25, -0.2) is 0 Å². The third-order valence-corrected chi connectivity index (χ3v) is 5.29. The molecule has 1 N–H and O–H groups in total. The number of halogens is 2. The first-order valence-corrected chi connectivity index (χ1v) is 7.82. The van der Waals surface area contributed by atoms with E-state index in [2.05, 4.69) is 36.6 Å². The Labute approximate surface area is 145 Å². The molecule has 1 rings (SSSR count). The van der Waals surface area contributed by atoms with Crippen LogP contribution in [0, 0.1) is 5.92 Å². The molecule has 0 saturated heterocycles. The second-order valence-corrected chi connectivity index (χ2v) is 6.00. The number of phenols is 1. The number of ether oxygens (including phenoxy) is 3. The van der Waals surface area contributed by atoms with Crippen LogP contribution in [0.3, 0.4) is 0 Å². The van der Waals surface area contributed by atoms with Crippen molar-refractivity contribution in [1.29, 1.82) is 0 Å². The molecule has 0 heterocycles. The Morgan fingerprint density at radius 2 is 1.82 bits per heavy atom. The SMILES string of the molecule is COC(=O)CC(Cc1cc(OC)c(O)c(Br)c1Br)C(=O)OC. The average Bonchev–Trinajstić information content (AvgIpc) is 2.53. The summed E-state index contributed by atoms with van der Waals surface area (Å²) in [4.78, 5) is 23.3. The summed E-state index contributed by atoms with van der Waals surface area (Å²) in [7, 11) is 3.94. The average molecular weight is 440 g/mol. The summed E-state index contributed by atoms with van der Waals surface area (Å²) in [5.74, 6) is -1.51. The monoisotopic (exact) mass is 438 g/mol. The number of carbonyl (C=O) groups excluding carboxylic acids is 2. The van der Waals surface area contributed by atoms with Crippen molar-refractivity contribution < 1.29 is 28.9 Å². The highest BCUT2D eigenvalue weighted by molar-refractivity contribution is 9.13. The minimum absolute atomic E-state index is 0.0549. The number of hydrogen-bond acceptors (Lipinski definition) is 6. The molecule has 8 heteroatoms. The highest BCUT2D eigenvalue weighted by Gasteiger charge is 2.26. The van der Waals surface area contributed by atoms with E-state index in [1.165, 1.54) is 21.3 Å². The van der Waals surface area contributed by atoms with Gasteiger partial charge in [0.1, 0.15) is 0 Å². The number of hydrogen-bond donors (Lipinski definition) is 1. The predicted molar refractivity (Wildman–Crippen MR) is 85.9 cm³/mol. The molecule has 1 unspecified atom stereocenters. The van der Waals surface area contributed by atoms with Gasteiger partial charge in [-0.05, 0) is 49.9 Å². The van der Waals surface area contributed by atoms with E-state index in [1.54, 1.807) is 6.07 Å². The van der Waals surface area contributed by atoms with Gasteiger partial charge in [0.2, 0.25) is 0 Å². The van der Waals surface area contributed by atoms with Crippen LogP contribution >= 0.6 is 31.9 Å². The van der Waals surface area contributed by atoms with Crippen LogP contribution in [-0.4, -0.2) is 38.4 Å². The smallest absolute Gasteiger partial charge is 0.309 e. The molecule has 22 heavy (non-hydrogen) atoms. The van der Waals surface area contributed by atoms with Crippen molar-refractivity contribution in [2.45, 2.75) is 12.8 Å². The summed E-state index contributed by atoms with van der Waals surface area (Å²) >= 11 is 6.59. The Morgan fingerprint density at radius 3 is 2.32 bits per heavy atom. The lowest BCUT2D eigenvalue weighted by Gasteiger charge is -2.17. The van der Waals surface area contributed by atoms with E-state index in [-0.39, 0.29) is 24.3 Å². The van der Waals surface area contributed by atoms with Gasteiger partial charge in [-0.1, -0.05) is 0 Å². The number of methoxy groups -OCH3 is 3. The molecule has 1 atom stereocenters. The Morgan fingerprint density at radius 1 is 1.18 bits per heavy atom. The minimum Gasteiger partial charge on any atom is -0.503 e. The van der Waals surface area contributed by atoms with Crippen molar-refractivity contribution in [3.63, 3.8) is 0 Å². The van der Waals surface area contributed by atoms with Crippen molar-refractivity contribution in [2.24, 2.45) is 5.92 Å². The largest absolute Gasteiger partial charge is 0.503 e. The van der Waals surface area contributed by atoms with Crippen LogP contribution in [0.15, 0.2) is 15.0 Å². The second kappa shape index (κ2) is 8.38. The standard InChI is InChI=1S/C14H16Br2O6/c1-20-9-5-7(11(15)12(16)13(9)18)4-8(14(19)22-3)6-10(17)21-2/h5,8,18H,4,6H2,1-3H3. The summed E-state index contributed by atoms with van der Waals surface area (Å²) in [6, 6.07) is 1.59. The third kappa shape index (κ3) is 4.36. The molecular formula is C14H16Br2O6. The molecule has 0 aliphatic carbocycles. The van der Waals surface area contributed by atoms with Crippen LogP contribution in [0.1, 0.15) is 12.0 Å². The van der Waals surface area contributed by atoms with Crippen molar-refractivity contribution in [3.05, 3.63) is 20.6 Å². The maximum atomic E-state index is 11.8. The predicted octanol–water partition coefficient (Wildman–Crippen LogP) is 2.82. The Balaban J connectivity index is 3.15. The second-order valence-electron chi connectivity index (χ2n) is 4.42. The van der Waals surface area contributed by atoms with Crippen LogP contribution in [0.4, 0.5) is 0 Å². The normalized spacial score (nSPS) is 11.7. The summed E-state index contributed by atoms with van der Waals surface area (Å²) in [5, 5.41) is 9.91. The van der Waals surface area contributed by atoms with Crippen LogP contribution < -0.4 is 4.74 Å². The quantitative estimate of drug-likeness (QED) is 0.686. The summed E-state index contributed by atoms with van der Waals surface area (Å²) in [6.07, 6.45) is 0.119. The topological polar surface area (TPSA) is 82.1 Å². The fraction of sp³-hybridized carbons (Fsp3) is 0.429. The molecule has 0 aliphatic rings. The van der Waals surface area contributed by atoms with Gasteiger partial charge >= 0.3 is 11.9 Å². The fourth-order valence-electron chi connectivity index (χ4n) is 1.90. The van der Waals surface area contributed by atoms with E-state index in [0.29, 0.717) is 14.5 Å². The first-order chi connectivity index (χ1) is 10.3. The van der Waals surface area contributed by atoms with E-state index in [1.807, 2.05) is 0 Å². The summed E-state index contributed by atoms with van der Waals surface area (Å²) < 4.78 is 15.4.